The largest absolute Gasteiger partial charge is 0.481 e. The molecule has 1 heterocycles. The third-order valence-electron chi connectivity index (χ3n) is 4.72. The summed E-state index contributed by atoms with van der Waals surface area (Å²) in [6, 6.07) is 0.410. The van der Waals surface area contributed by atoms with E-state index in [1.165, 1.54) is 6.42 Å². The standard InChI is InChI=1S/C14H24N2O3/c1-16-8-4-5-11(16)10-15-12(17)9-14(13(18)19)6-2-3-7-14/h11H,2-10H2,1H3,(H,15,17)(H,18,19). The van der Waals surface area contributed by atoms with Crippen LogP contribution in [-0.2, 0) is 9.59 Å². The van der Waals surface area contributed by atoms with Gasteiger partial charge in [0.15, 0.2) is 0 Å². The maximum atomic E-state index is 12.0. The quantitative estimate of drug-likeness (QED) is 0.787. The molecule has 1 saturated carbocycles. The summed E-state index contributed by atoms with van der Waals surface area (Å²) in [5.41, 5.74) is -0.800. The van der Waals surface area contributed by atoms with E-state index in [0.717, 1.165) is 25.8 Å². The number of carbonyl (C=O) groups is 2. The Hall–Kier alpha value is -1.10. The Morgan fingerprint density at radius 2 is 2.00 bits per heavy atom. The number of hydrogen-bond donors (Lipinski definition) is 2. The third-order valence-corrected chi connectivity index (χ3v) is 4.72. The van der Waals surface area contributed by atoms with Crippen molar-refractivity contribution < 1.29 is 14.7 Å². The Kier molecular flexibility index (Phi) is 4.45. The van der Waals surface area contributed by atoms with Crippen molar-refractivity contribution in [3.05, 3.63) is 0 Å². The van der Waals surface area contributed by atoms with Crippen LogP contribution in [0.1, 0.15) is 44.9 Å². The van der Waals surface area contributed by atoms with Crippen LogP contribution in [0.5, 0.6) is 0 Å². The van der Waals surface area contributed by atoms with Crippen LogP contribution in [0.3, 0.4) is 0 Å². The predicted molar refractivity (Wildman–Crippen MR) is 71.8 cm³/mol. The lowest BCUT2D eigenvalue weighted by Gasteiger charge is -2.24. The number of hydrogen-bond acceptors (Lipinski definition) is 3. The molecule has 0 radical (unpaired) electrons. The summed E-state index contributed by atoms with van der Waals surface area (Å²) in [5.74, 6) is -0.914. The van der Waals surface area contributed by atoms with E-state index in [2.05, 4.69) is 17.3 Å². The number of nitrogens with one attached hydrogen (secondary N) is 1. The zero-order valence-electron chi connectivity index (χ0n) is 11.7. The molecule has 1 saturated heterocycles. The number of amides is 1. The molecule has 1 unspecified atom stereocenters. The first-order valence-electron chi connectivity index (χ1n) is 7.24. The average molecular weight is 268 g/mol. The van der Waals surface area contributed by atoms with Gasteiger partial charge in [0, 0.05) is 19.0 Å². The molecule has 1 aliphatic carbocycles. The normalized spacial score (nSPS) is 26.5. The van der Waals surface area contributed by atoms with Crippen molar-refractivity contribution in [1.82, 2.24) is 10.2 Å². The third kappa shape index (κ3) is 3.26. The summed E-state index contributed by atoms with van der Waals surface area (Å²) < 4.78 is 0. The van der Waals surface area contributed by atoms with Crippen molar-refractivity contribution in [2.75, 3.05) is 20.1 Å². The van der Waals surface area contributed by atoms with Crippen molar-refractivity contribution in [3.8, 4) is 0 Å². The van der Waals surface area contributed by atoms with Crippen molar-refractivity contribution in [2.45, 2.75) is 51.0 Å². The molecule has 2 N–H and O–H groups in total. The number of likely N-dealkylation sites (N-methyl/N-ethyl adjacent to an activating group) is 1. The summed E-state index contributed by atoms with van der Waals surface area (Å²) in [7, 11) is 2.07. The second-order valence-electron chi connectivity index (χ2n) is 6.05. The highest BCUT2D eigenvalue weighted by Gasteiger charge is 2.43. The Morgan fingerprint density at radius 1 is 1.32 bits per heavy atom. The van der Waals surface area contributed by atoms with Gasteiger partial charge in [0.05, 0.1) is 5.41 Å². The lowest BCUT2D eigenvalue weighted by molar-refractivity contribution is -0.151. The Bertz CT molecular complexity index is 351. The topological polar surface area (TPSA) is 69.6 Å². The van der Waals surface area contributed by atoms with E-state index in [-0.39, 0.29) is 12.3 Å². The Labute approximate surface area is 114 Å². The molecule has 108 valence electrons. The van der Waals surface area contributed by atoms with Crippen LogP contribution < -0.4 is 5.32 Å². The summed E-state index contributed by atoms with van der Waals surface area (Å²) in [4.78, 5) is 25.6. The minimum atomic E-state index is -0.807. The summed E-state index contributed by atoms with van der Waals surface area (Å²) in [5, 5.41) is 12.3. The van der Waals surface area contributed by atoms with Gasteiger partial charge >= 0.3 is 5.97 Å². The second kappa shape index (κ2) is 5.90. The molecule has 5 heteroatoms. The number of rotatable bonds is 5. The molecule has 19 heavy (non-hydrogen) atoms. The predicted octanol–water partition coefficient (Wildman–Crippen LogP) is 1.23. The van der Waals surface area contributed by atoms with E-state index in [1.807, 2.05) is 0 Å². The van der Waals surface area contributed by atoms with Gasteiger partial charge in [-0.05, 0) is 39.3 Å². The molecule has 0 aromatic rings. The van der Waals surface area contributed by atoms with E-state index >= 15 is 0 Å². The Balaban J connectivity index is 1.81. The van der Waals surface area contributed by atoms with Crippen LogP contribution in [-0.4, -0.2) is 48.1 Å². The second-order valence-corrected chi connectivity index (χ2v) is 6.05. The fourth-order valence-electron chi connectivity index (χ4n) is 3.36. The maximum absolute atomic E-state index is 12.0. The molecule has 0 aromatic carbocycles. The number of carboxylic acid groups (broad SMARTS) is 1. The highest BCUT2D eigenvalue weighted by atomic mass is 16.4. The zero-order chi connectivity index (χ0) is 13.9. The van der Waals surface area contributed by atoms with E-state index in [1.54, 1.807) is 0 Å². The highest BCUT2D eigenvalue weighted by Crippen LogP contribution is 2.41. The number of nitrogens with zero attached hydrogens (tertiary/aromatic N) is 1. The van der Waals surface area contributed by atoms with Crippen LogP contribution in [0.2, 0.25) is 0 Å². The fourth-order valence-corrected chi connectivity index (χ4v) is 3.36. The van der Waals surface area contributed by atoms with Gasteiger partial charge in [-0.15, -0.1) is 0 Å². The van der Waals surface area contributed by atoms with Gasteiger partial charge in [-0.2, -0.15) is 0 Å². The van der Waals surface area contributed by atoms with Crippen LogP contribution in [0.4, 0.5) is 0 Å². The number of carbonyl (C=O) groups excluding carboxylic acids is 1. The molecule has 0 bridgehead atoms. The lowest BCUT2D eigenvalue weighted by atomic mass is 9.82. The van der Waals surface area contributed by atoms with Crippen molar-refractivity contribution in [2.24, 2.45) is 5.41 Å². The Morgan fingerprint density at radius 3 is 2.53 bits per heavy atom. The van der Waals surface area contributed by atoms with Crippen LogP contribution in [0, 0.1) is 5.41 Å². The van der Waals surface area contributed by atoms with Gasteiger partial charge in [-0.1, -0.05) is 12.8 Å². The van der Waals surface area contributed by atoms with Gasteiger partial charge < -0.3 is 15.3 Å². The zero-order valence-corrected chi connectivity index (χ0v) is 11.7. The summed E-state index contributed by atoms with van der Waals surface area (Å²) in [6.07, 6.45) is 5.55. The molecule has 5 nitrogen and oxygen atoms in total. The molecular weight excluding hydrogens is 244 g/mol. The van der Waals surface area contributed by atoms with Gasteiger partial charge in [0.2, 0.25) is 5.91 Å². The van der Waals surface area contributed by atoms with Gasteiger partial charge in [0.1, 0.15) is 0 Å². The minimum absolute atomic E-state index is 0.107. The molecular formula is C14H24N2O3. The number of aliphatic carboxylic acids is 1. The molecule has 0 aromatic heterocycles. The highest BCUT2D eigenvalue weighted by molar-refractivity contribution is 5.85. The van der Waals surface area contributed by atoms with Gasteiger partial charge in [0.25, 0.3) is 0 Å². The van der Waals surface area contributed by atoms with E-state index in [9.17, 15) is 14.7 Å². The molecule has 2 fully saturated rings. The van der Waals surface area contributed by atoms with Crippen LogP contribution in [0.15, 0.2) is 0 Å². The smallest absolute Gasteiger partial charge is 0.310 e. The first kappa shape index (κ1) is 14.3. The molecule has 2 rings (SSSR count). The first-order chi connectivity index (χ1) is 9.03. The maximum Gasteiger partial charge on any atom is 0.310 e. The van der Waals surface area contributed by atoms with Crippen LogP contribution >= 0.6 is 0 Å². The summed E-state index contributed by atoms with van der Waals surface area (Å²) in [6.45, 7) is 1.73. The lowest BCUT2D eigenvalue weighted by Crippen LogP contribution is -2.41. The number of carboxylic acids is 1. The van der Waals surface area contributed by atoms with Gasteiger partial charge in [-0.3, -0.25) is 9.59 Å². The van der Waals surface area contributed by atoms with Crippen LogP contribution in [0.25, 0.3) is 0 Å². The molecule has 1 aliphatic heterocycles. The SMILES string of the molecule is CN1CCCC1CNC(=O)CC1(C(=O)O)CCCC1. The average Bonchev–Trinajstić information content (AvgIpc) is 2.97. The minimum Gasteiger partial charge on any atom is -0.481 e. The molecule has 0 spiro atoms. The summed E-state index contributed by atoms with van der Waals surface area (Å²) >= 11 is 0. The van der Waals surface area contributed by atoms with Crippen molar-refractivity contribution in [1.29, 1.82) is 0 Å². The van der Waals surface area contributed by atoms with Crippen molar-refractivity contribution in [3.63, 3.8) is 0 Å². The monoisotopic (exact) mass is 268 g/mol. The molecule has 1 atom stereocenters. The van der Waals surface area contributed by atoms with Gasteiger partial charge in [-0.25, -0.2) is 0 Å². The molecule has 1 amide bonds. The van der Waals surface area contributed by atoms with E-state index in [4.69, 9.17) is 0 Å². The molecule has 2 aliphatic rings. The number of likely N-dealkylation sites (tertiary alicyclic amines) is 1. The van der Waals surface area contributed by atoms with E-state index < -0.39 is 11.4 Å². The fraction of sp³-hybridized carbons (Fsp3) is 0.857. The first-order valence-corrected chi connectivity index (χ1v) is 7.24. The van der Waals surface area contributed by atoms with Crippen molar-refractivity contribution >= 4 is 11.9 Å². The van der Waals surface area contributed by atoms with E-state index in [0.29, 0.717) is 25.4 Å².